The molecule has 114 valence electrons. The quantitative estimate of drug-likeness (QED) is 0.788. The van der Waals surface area contributed by atoms with Crippen LogP contribution < -0.4 is 4.74 Å². The Morgan fingerprint density at radius 2 is 1.91 bits per heavy atom. The van der Waals surface area contributed by atoms with Crippen LogP contribution in [0.3, 0.4) is 0 Å². The summed E-state index contributed by atoms with van der Waals surface area (Å²) in [6.07, 6.45) is 1.55. The molecule has 2 bridgehead atoms. The molecule has 0 spiro atoms. The van der Waals surface area contributed by atoms with E-state index in [-0.39, 0.29) is 23.8 Å². The van der Waals surface area contributed by atoms with E-state index in [9.17, 15) is 9.59 Å². The van der Waals surface area contributed by atoms with Crippen molar-refractivity contribution in [2.24, 2.45) is 5.41 Å². The molecule has 4 heteroatoms. The van der Waals surface area contributed by atoms with E-state index in [1.165, 1.54) is 0 Å². The van der Waals surface area contributed by atoms with Gasteiger partial charge in [0.05, 0.1) is 12.5 Å². The molecule has 0 radical (unpaired) electrons. The lowest BCUT2D eigenvalue weighted by Crippen LogP contribution is -2.51. The number of ether oxygens (including phenoxy) is 2. The molecule has 1 aromatic carbocycles. The number of esters is 1. The van der Waals surface area contributed by atoms with Gasteiger partial charge >= 0.3 is 5.97 Å². The predicted octanol–water partition coefficient (Wildman–Crippen LogP) is 2.77. The molecule has 0 N–H and O–H groups in total. The summed E-state index contributed by atoms with van der Waals surface area (Å²) in [5, 5.41) is 0. The van der Waals surface area contributed by atoms with Crippen LogP contribution in [-0.4, -0.2) is 25.0 Å². The lowest BCUT2D eigenvalue weighted by Gasteiger charge is -2.49. The van der Waals surface area contributed by atoms with Crippen molar-refractivity contribution in [2.45, 2.75) is 38.2 Å². The fourth-order valence-corrected chi connectivity index (χ4v) is 4.30. The van der Waals surface area contributed by atoms with Crippen molar-refractivity contribution in [1.29, 1.82) is 0 Å². The number of methoxy groups -OCH3 is 1. The van der Waals surface area contributed by atoms with Crippen LogP contribution in [0.4, 0.5) is 0 Å². The van der Waals surface area contributed by atoms with E-state index in [0.29, 0.717) is 19.3 Å². The molecule has 4 nitrogen and oxygen atoms in total. The SMILES string of the molecule is COc1ccc([C@@H]2CC3OC(=O)C2(C)C2=C3C(=O)CC2)cc1. The highest BCUT2D eigenvalue weighted by Crippen LogP contribution is 2.58. The lowest BCUT2D eigenvalue weighted by molar-refractivity contribution is -0.169. The summed E-state index contributed by atoms with van der Waals surface area (Å²) < 4.78 is 10.7. The van der Waals surface area contributed by atoms with Gasteiger partial charge in [0.1, 0.15) is 11.9 Å². The minimum atomic E-state index is -0.704. The molecule has 22 heavy (non-hydrogen) atoms. The zero-order chi connectivity index (χ0) is 15.5. The van der Waals surface area contributed by atoms with Gasteiger partial charge in [0.15, 0.2) is 5.78 Å². The van der Waals surface area contributed by atoms with Gasteiger partial charge < -0.3 is 9.47 Å². The van der Waals surface area contributed by atoms with Gasteiger partial charge in [-0.2, -0.15) is 0 Å². The summed E-state index contributed by atoms with van der Waals surface area (Å²) in [6, 6.07) is 7.86. The average Bonchev–Trinajstić information content (AvgIpc) is 2.93. The zero-order valence-corrected chi connectivity index (χ0v) is 12.7. The Morgan fingerprint density at radius 1 is 1.18 bits per heavy atom. The minimum Gasteiger partial charge on any atom is -0.497 e. The van der Waals surface area contributed by atoms with Crippen molar-refractivity contribution in [2.75, 3.05) is 7.11 Å². The Bertz CT molecular complexity index is 700. The molecule has 2 aliphatic heterocycles. The molecule has 4 aliphatic rings. The maximum atomic E-state index is 12.5. The minimum absolute atomic E-state index is 0.0642. The number of hydrogen-bond donors (Lipinski definition) is 0. The molecule has 2 heterocycles. The van der Waals surface area contributed by atoms with Gasteiger partial charge in [0.2, 0.25) is 0 Å². The Hall–Kier alpha value is -2.10. The molecule has 1 fully saturated rings. The number of carbonyl (C=O) groups is 2. The van der Waals surface area contributed by atoms with Crippen LogP contribution in [0.1, 0.15) is 37.7 Å². The number of ketones is 1. The zero-order valence-electron chi connectivity index (χ0n) is 12.7. The van der Waals surface area contributed by atoms with Gasteiger partial charge in [-0.25, -0.2) is 0 Å². The second-order valence-electron chi connectivity index (χ2n) is 6.47. The Kier molecular flexibility index (Phi) is 2.74. The Labute approximate surface area is 129 Å². The molecular weight excluding hydrogens is 280 g/mol. The van der Waals surface area contributed by atoms with Gasteiger partial charge in [0.25, 0.3) is 0 Å². The maximum absolute atomic E-state index is 12.5. The number of Topliss-reactive ketones (excluding diaryl/α,β-unsaturated/α-hetero) is 1. The van der Waals surface area contributed by atoms with E-state index in [1.54, 1.807) is 7.11 Å². The maximum Gasteiger partial charge on any atom is 0.317 e. The summed E-state index contributed by atoms with van der Waals surface area (Å²) in [5.41, 5.74) is 2.21. The summed E-state index contributed by atoms with van der Waals surface area (Å²) >= 11 is 0. The summed E-state index contributed by atoms with van der Waals surface area (Å²) in [5.74, 6) is 0.840. The summed E-state index contributed by atoms with van der Waals surface area (Å²) in [6.45, 7) is 1.94. The van der Waals surface area contributed by atoms with Crippen LogP contribution in [0.15, 0.2) is 35.4 Å². The van der Waals surface area contributed by atoms with Crippen molar-refractivity contribution < 1.29 is 19.1 Å². The van der Waals surface area contributed by atoms with Crippen molar-refractivity contribution in [1.82, 2.24) is 0 Å². The highest BCUT2D eigenvalue weighted by molar-refractivity contribution is 6.04. The second kappa shape index (κ2) is 4.45. The largest absolute Gasteiger partial charge is 0.497 e. The van der Waals surface area contributed by atoms with Gasteiger partial charge in [-0.3, -0.25) is 9.59 Å². The van der Waals surface area contributed by atoms with Crippen LogP contribution in [-0.2, 0) is 14.3 Å². The molecule has 0 saturated carbocycles. The molecule has 2 unspecified atom stereocenters. The van der Waals surface area contributed by atoms with E-state index < -0.39 is 5.41 Å². The van der Waals surface area contributed by atoms with Crippen LogP contribution in [0, 0.1) is 5.41 Å². The van der Waals surface area contributed by atoms with Crippen LogP contribution in [0.5, 0.6) is 5.75 Å². The molecule has 3 atom stereocenters. The number of carbonyl (C=O) groups excluding carboxylic acids is 2. The van der Waals surface area contributed by atoms with Gasteiger partial charge in [-0.05, 0) is 43.0 Å². The molecule has 0 amide bonds. The van der Waals surface area contributed by atoms with E-state index in [2.05, 4.69) is 0 Å². The van der Waals surface area contributed by atoms with E-state index >= 15 is 0 Å². The van der Waals surface area contributed by atoms with Crippen molar-refractivity contribution in [3.05, 3.63) is 41.0 Å². The normalized spacial score (nSPS) is 33.0. The topological polar surface area (TPSA) is 52.6 Å². The smallest absolute Gasteiger partial charge is 0.317 e. The highest BCUT2D eigenvalue weighted by Gasteiger charge is 2.59. The van der Waals surface area contributed by atoms with Gasteiger partial charge in [0, 0.05) is 17.9 Å². The predicted molar refractivity (Wildman–Crippen MR) is 79.6 cm³/mol. The van der Waals surface area contributed by atoms with Crippen LogP contribution in [0.2, 0.25) is 0 Å². The Morgan fingerprint density at radius 3 is 2.59 bits per heavy atom. The third-order valence-electron chi connectivity index (χ3n) is 5.51. The molecule has 2 aliphatic carbocycles. The van der Waals surface area contributed by atoms with Gasteiger partial charge in [-0.15, -0.1) is 0 Å². The van der Waals surface area contributed by atoms with E-state index in [4.69, 9.17) is 9.47 Å². The van der Waals surface area contributed by atoms with Crippen LogP contribution >= 0.6 is 0 Å². The number of fused-ring (bicyclic) bond motifs is 2. The highest BCUT2D eigenvalue weighted by atomic mass is 16.5. The van der Waals surface area contributed by atoms with Gasteiger partial charge in [-0.1, -0.05) is 12.1 Å². The molecule has 1 saturated heterocycles. The van der Waals surface area contributed by atoms with E-state index in [1.807, 2.05) is 31.2 Å². The Balaban J connectivity index is 1.81. The van der Waals surface area contributed by atoms with Crippen molar-refractivity contribution >= 4 is 11.8 Å². The number of benzene rings is 1. The second-order valence-corrected chi connectivity index (χ2v) is 6.47. The first-order chi connectivity index (χ1) is 10.6. The standard InChI is InChI=1S/C18H18O4/c1-18-12-7-8-14(19)16(12)15(22-17(18)20)9-13(18)10-3-5-11(21-2)6-4-10/h3-6,13,15H,7-9H2,1-2H3/t13-,15?,18?/m0/s1. The fourth-order valence-electron chi connectivity index (χ4n) is 4.30. The van der Waals surface area contributed by atoms with Crippen LogP contribution in [0.25, 0.3) is 0 Å². The number of hydrogen-bond acceptors (Lipinski definition) is 4. The average molecular weight is 298 g/mol. The molecule has 1 aromatic rings. The monoisotopic (exact) mass is 298 g/mol. The van der Waals surface area contributed by atoms with Crippen molar-refractivity contribution in [3.63, 3.8) is 0 Å². The molecule has 5 rings (SSSR count). The van der Waals surface area contributed by atoms with E-state index in [0.717, 1.165) is 22.5 Å². The fraction of sp³-hybridized carbons (Fsp3) is 0.444. The molecular formula is C18H18O4. The first-order valence-electron chi connectivity index (χ1n) is 7.67. The third-order valence-corrected chi connectivity index (χ3v) is 5.51. The molecule has 0 aromatic heterocycles. The number of rotatable bonds is 2. The lowest BCUT2D eigenvalue weighted by atomic mass is 9.60. The summed E-state index contributed by atoms with van der Waals surface area (Å²) in [4.78, 5) is 24.6. The third kappa shape index (κ3) is 1.58. The first kappa shape index (κ1) is 13.6. The summed E-state index contributed by atoms with van der Waals surface area (Å²) in [7, 11) is 1.64. The first-order valence-corrected chi connectivity index (χ1v) is 7.67. The van der Waals surface area contributed by atoms with Crippen molar-refractivity contribution in [3.8, 4) is 5.75 Å².